The summed E-state index contributed by atoms with van der Waals surface area (Å²) in [6, 6.07) is 10.3. The minimum Gasteiger partial charge on any atom is -0.481 e. The number of aliphatic carboxylic acids is 1. The third-order valence-electron chi connectivity index (χ3n) is 3.77. The van der Waals surface area contributed by atoms with E-state index in [1.54, 1.807) is 11.3 Å². The fraction of sp³-hybridized carbons (Fsp3) is 0.375. The first kappa shape index (κ1) is 13.3. The summed E-state index contributed by atoms with van der Waals surface area (Å²) in [5, 5.41) is 10.3. The molecule has 1 heterocycles. The number of thiazole rings is 1. The van der Waals surface area contributed by atoms with E-state index in [1.165, 1.54) is 10.4 Å². The molecule has 104 valence electrons. The fourth-order valence-electron chi connectivity index (χ4n) is 2.71. The molecule has 1 aliphatic carbocycles. The van der Waals surface area contributed by atoms with Crippen molar-refractivity contribution in [2.75, 3.05) is 0 Å². The predicted molar refractivity (Wildman–Crippen MR) is 79.3 cm³/mol. The van der Waals surface area contributed by atoms with Crippen molar-refractivity contribution in [2.45, 2.75) is 38.0 Å². The van der Waals surface area contributed by atoms with Crippen LogP contribution in [-0.2, 0) is 24.1 Å². The summed E-state index contributed by atoms with van der Waals surface area (Å²) in [6.07, 6.45) is 4.54. The van der Waals surface area contributed by atoms with Crippen LogP contribution < -0.4 is 0 Å². The Morgan fingerprint density at radius 1 is 1.30 bits per heavy atom. The molecule has 0 spiro atoms. The van der Waals surface area contributed by atoms with Gasteiger partial charge in [-0.05, 0) is 31.2 Å². The number of fused-ring (bicyclic) bond motifs is 1. The van der Waals surface area contributed by atoms with Crippen LogP contribution in [0.5, 0.6) is 0 Å². The molecule has 3 rings (SSSR count). The Bertz CT molecular complexity index is 606. The molecule has 2 aromatic rings. The van der Waals surface area contributed by atoms with Gasteiger partial charge < -0.3 is 5.11 Å². The zero-order valence-electron chi connectivity index (χ0n) is 11.2. The van der Waals surface area contributed by atoms with Crippen LogP contribution in [0, 0.1) is 0 Å². The molecule has 1 atom stereocenters. The van der Waals surface area contributed by atoms with Crippen molar-refractivity contribution >= 4 is 17.3 Å². The molecular weight excluding hydrogens is 270 g/mol. The summed E-state index contributed by atoms with van der Waals surface area (Å²) in [5.74, 6) is -1.12. The highest BCUT2D eigenvalue weighted by molar-refractivity contribution is 7.11. The van der Waals surface area contributed by atoms with E-state index in [0.29, 0.717) is 0 Å². The Balaban J connectivity index is 1.74. The molecule has 4 heteroatoms. The largest absolute Gasteiger partial charge is 0.481 e. The number of nitrogens with zero attached hydrogens (tertiary/aromatic N) is 1. The maximum Gasteiger partial charge on any atom is 0.312 e. The van der Waals surface area contributed by atoms with Gasteiger partial charge in [0, 0.05) is 11.3 Å². The van der Waals surface area contributed by atoms with E-state index < -0.39 is 5.97 Å². The lowest BCUT2D eigenvalue weighted by atomic mass is 9.91. The van der Waals surface area contributed by atoms with Crippen molar-refractivity contribution in [1.82, 2.24) is 4.98 Å². The fourth-order valence-corrected chi connectivity index (χ4v) is 3.88. The number of aromatic nitrogens is 1. The van der Waals surface area contributed by atoms with Gasteiger partial charge in [0.1, 0.15) is 0 Å². The molecule has 20 heavy (non-hydrogen) atoms. The number of rotatable bonds is 4. The quantitative estimate of drug-likeness (QED) is 0.937. The summed E-state index contributed by atoms with van der Waals surface area (Å²) < 4.78 is 0. The number of carboxylic acids is 1. The third kappa shape index (κ3) is 2.75. The average molecular weight is 287 g/mol. The first-order valence-corrected chi connectivity index (χ1v) is 7.81. The smallest absolute Gasteiger partial charge is 0.312 e. The van der Waals surface area contributed by atoms with Gasteiger partial charge in [-0.15, -0.1) is 11.3 Å². The molecular formula is C16H17NO2S. The van der Waals surface area contributed by atoms with Gasteiger partial charge in [0.15, 0.2) is 0 Å². The van der Waals surface area contributed by atoms with Crippen LogP contribution in [0.15, 0.2) is 30.3 Å². The molecule has 1 unspecified atom stereocenters. The van der Waals surface area contributed by atoms with Crippen molar-refractivity contribution in [3.8, 4) is 0 Å². The highest BCUT2D eigenvalue weighted by atomic mass is 32.1. The van der Waals surface area contributed by atoms with Gasteiger partial charge in [0.25, 0.3) is 0 Å². The van der Waals surface area contributed by atoms with Gasteiger partial charge in [-0.3, -0.25) is 4.79 Å². The highest BCUT2D eigenvalue weighted by Crippen LogP contribution is 2.35. The molecule has 0 radical (unpaired) electrons. The predicted octanol–water partition coefficient (Wildman–Crippen LogP) is 3.43. The van der Waals surface area contributed by atoms with Gasteiger partial charge in [-0.2, -0.15) is 0 Å². The maximum atomic E-state index is 11.3. The Labute approximate surface area is 122 Å². The molecule has 1 N–H and O–H groups in total. The van der Waals surface area contributed by atoms with Crippen LogP contribution in [0.2, 0.25) is 0 Å². The van der Waals surface area contributed by atoms with E-state index in [9.17, 15) is 9.90 Å². The van der Waals surface area contributed by atoms with Gasteiger partial charge in [-0.1, -0.05) is 30.3 Å². The van der Waals surface area contributed by atoms with Crippen molar-refractivity contribution in [3.63, 3.8) is 0 Å². The first-order chi connectivity index (χ1) is 9.74. The number of carbonyl (C=O) groups is 1. The zero-order chi connectivity index (χ0) is 13.9. The lowest BCUT2D eigenvalue weighted by Gasteiger charge is -2.16. The van der Waals surface area contributed by atoms with Crippen molar-refractivity contribution < 1.29 is 9.90 Å². The van der Waals surface area contributed by atoms with Crippen LogP contribution >= 0.6 is 11.3 Å². The molecule has 1 aliphatic rings. The molecule has 0 saturated heterocycles. The summed E-state index contributed by atoms with van der Waals surface area (Å²) in [6.45, 7) is 0. The molecule has 0 fully saturated rings. The molecule has 1 aromatic carbocycles. The minimum absolute atomic E-state index is 0.388. The van der Waals surface area contributed by atoms with E-state index in [4.69, 9.17) is 0 Å². The van der Waals surface area contributed by atoms with Gasteiger partial charge in [0.05, 0.1) is 16.6 Å². The Kier molecular flexibility index (Phi) is 3.83. The maximum absolute atomic E-state index is 11.3. The van der Waals surface area contributed by atoms with Crippen LogP contribution in [-0.4, -0.2) is 16.1 Å². The SMILES string of the molecule is O=C(O)C1CCCc2sc(CCc3ccccc3)nc21. The number of hydrogen-bond acceptors (Lipinski definition) is 3. The molecule has 3 nitrogen and oxygen atoms in total. The van der Waals surface area contributed by atoms with Crippen LogP contribution in [0.4, 0.5) is 0 Å². The van der Waals surface area contributed by atoms with Crippen LogP contribution in [0.1, 0.15) is 39.9 Å². The number of benzene rings is 1. The number of carboxylic acid groups (broad SMARTS) is 1. The Hall–Kier alpha value is -1.68. The van der Waals surface area contributed by atoms with E-state index >= 15 is 0 Å². The van der Waals surface area contributed by atoms with E-state index in [-0.39, 0.29) is 5.92 Å². The summed E-state index contributed by atoms with van der Waals surface area (Å²) in [4.78, 5) is 17.1. The van der Waals surface area contributed by atoms with E-state index in [0.717, 1.165) is 42.8 Å². The minimum atomic E-state index is -0.731. The summed E-state index contributed by atoms with van der Waals surface area (Å²) >= 11 is 1.70. The van der Waals surface area contributed by atoms with Crippen molar-refractivity contribution in [2.24, 2.45) is 0 Å². The average Bonchev–Trinajstić information content (AvgIpc) is 2.88. The topological polar surface area (TPSA) is 50.2 Å². The standard InChI is InChI=1S/C16H17NO2S/c18-16(19)12-7-4-8-13-15(12)17-14(20-13)10-9-11-5-2-1-3-6-11/h1-3,5-6,12H,4,7-10H2,(H,18,19). The number of hydrogen-bond donors (Lipinski definition) is 1. The van der Waals surface area contributed by atoms with Gasteiger partial charge in [-0.25, -0.2) is 4.98 Å². The molecule has 1 aromatic heterocycles. The number of aryl methyl sites for hydroxylation is 3. The molecule has 0 bridgehead atoms. The zero-order valence-corrected chi connectivity index (χ0v) is 12.0. The van der Waals surface area contributed by atoms with Crippen LogP contribution in [0.3, 0.4) is 0 Å². The van der Waals surface area contributed by atoms with Crippen molar-refractivity contribution in [1.29, 1.82) is 0 Å². The second-order valence-corrected chi connectivity index (χ2v) is 6.35. The monoisotopic (exact) mass is 287 g/mol. The lowest BCUT2D eigenvalue weighted by Crippen LogP contribution is -2.17. The third-order valence-corrected chi connectivity index (χ3v) is 4.96. The summed E-state index contributed by atoms with van der Waals surface area (Å²) in [7, 11) is 0. The summed E-state index contributed by atoms with van der Waals surface area (Å²) in [5.41, 5.74) is 2.13. The van der Waals surface area contributed by atoms with Gasteiger partial charge >= 0.3 is 5.97 Å². The Morgan fingerprint density at radius 3 is 2.85 bits per heavy atom. The molecule has 0 amide bonds. The second-order valence-electron chi connectivity index (χ2n) is 5.18. The lowest BCUT2D eigenvalue weighted by molar-refractivity contribution is -0.139. The normalized spacial score (nSPS) is 17.7. The molecule has 0 saturated carbocycles. The van der Waals surface area contributed by atoms with Crippen molar-refractivity contribution in [3.05, 3.63) is 51.5 Å². The van der Waals surface area contributed by atoms with Crippen LogP contribution in [0.25, 0.3) is 0 Å². The first-order valence-electron chi connectivity index (χ1n) is 6.99. The van der Waals surface area contributed by atoms with Gasteiger partial charge in [0.2, 0.25) is 0 Å². The Morgan fingerprint density at radius 2 is 2.10 bits per heavy atom. The second kappa shape index (κ2) is 5.75. The van der Waals surface area contributed by atoms with E-state index in [1.807, 2.05) is 18.2 Å². The highest BCUT2D eigenvalue weighted by Gasteiger charge is 2.29. The van der Waals surface area contributed by atoms with E-state index in [2.05, 4.69) is 17.1 Å². The molecule has 0 aliphatic heterocycles.